The summed E-state index contributed by atoms with van der Waals surface area (Å²) in [6.45, 7) is 2.80. The highest BCUT2D eigenvalue weighted by atomic mass is 35.5. The molecule has 15 heavy (non-hydrogen) atoms. The van der Waals surface area contributed by atoms with Gasteiger partial charge in [-0.3, -0.25) is 0 Å². The van der Waals surface area contributed by atoms with Crippen molar-refractivity contribution >= 4 is 22.6 Å². The summed E-state index contributed by atoms with van der Waals surface area (Å²) in [6, 6.07) is 5.66. The highest BCUT2D eigenvalue weighted by molar-refractivity contribution is 6.31. The number of H-pyrrole nitrogens is 1. The molecule has 0 spiro atoms. The second-order valence-corrected chi connectivity index (χ2v) is 4.20. The first-order chi connectivity index (χ1) is 7.20. The minimum atomic E-state index is 0.362. The lowest BCUT2D eigenvalue weighted by Gasteiger charge is -2.04. The van der Waals surface area contributed by atoms with Crippen molar-refractivity contribution in [1.82, 2.24) is 9.97 Å². The summed E-state index contributed by atoms with van der Waals surface area (Å²) in [5, 5.41) is 0.726. The molecule has 1 unspecified atom stereocenters. The third kappa shape index (κ3) is 2.13. The fraction of sp³-hybridized carbons (Fsp3) is 0.364. The standard InChI is InChI=1S/C11H14ClN3/c1-7(4-5-13)11-14-9-3-2-8(12)6-10(9)15-11/h2-3,6-7H,4-5,13H2,1H3,(H,14,15). The summed E-state index contributed by atoms with van der Waals surface area (Å²) in [5.41, 5.74) is 7.47. The van der Waals surface area contributed by atoms with Gasteiger partial charge in [0.25, 0.3) is 0 Å². The van der Waals surface area contributed by atoms with Crippen LogP contribution in [0.3, 0.4) is 0 Å². The van der Waals surface area contributed by atoms with Crippen molar-refractivity contribution in [2.24, 2.45) is 5.73 Å². The fourth-order valence-corrected chi connectivity index (χ4v) is 1.79. The van der Waals surface area contributed by atoms with Crippen LogP contribution in [0.15, 0.2) is 18.2 Å². The number of hydrogen-bond donors (Lipinski definition) is 2. The zero-order valence-electron chi connectivity index (χ0n) is 8.63. The molecule has 0 bridgehead atoms. The Hall–Kier alpha value is -1.06. The second kappa shape index (κ2) is 4.21. The summed E-state index contributed by atoms with van der Waals surface area (Å²) in [6.07, 6.45) is 0.938. The van der Waals surface area contributed by atoms with Gasteiger partial charge in [0, 0.05) is 10.9 Å². The van der Waals surface area contributed by atoms with E-state index >= 15 is 0 Å². The van der Waals surface area contributed by atoms with Crippen LogP contribution in [0.25, 0.3) is 11.0 Å². The first-order valence-corrected chi connectivity index (χ1v) is 5.43. The predicted octanol–water partition coefficient (Wildman–Crippen LogP) is 2.67. The Morgan fingerprint density at radius 3 is 3.07 bits per heavy atom. The van der Waals surface area contributed by atoms with Crippen molar-refractivity contribution in [2.45, 2.75) is 19.3 Å². The lowest BCUT2D eigenvalue weighted by molar-refractivity contribution is 0.657. The van der Waals surface area contributed by atoms with E-state index in [4.69, 9.17) is 17.3 Å². The molecule has 0 aliphatic heterocycles. The van der Waals surface area contributed by atoms with Gasteiger partial charge in [-0.15, -0.1) is 0 Å². The average Bonchev–Trinajstić information content (AvgIpc) is 2.60. The molecular weight excluding hydrogens is 210 g/mol. The van der Waals surface area contributed by atoms with Gasteiger partial charge in [0.05, 0.1) is 11.0 Å². The molecule has 0 saturated heterocycles. The Balaban J connectivity index is 2.38. The molecule has 3 nitrogen and oxygen atoms in total. The molecule has 0 fully saturated rings. The van der Waals surface area contributed by atoms with E-state index in [2.05, 4.69) is 16.9 Å². The molecule has 4 heteroatoms. The van der Waals surface area contributed by atoms with E-state index in [-0.39, 0.29) is 0 Å². The Morgan fingerprint density at radius 1 is 1.53 bits per heavy atom. The van der Waals surface area contributed by atoms with Gasteiger partial charge in [0.1, 0.15) is 5.82 Å². The number of nitrogens with two attached hydrogens (primary N) is 1. The molecular formula is C11H14ClN3. The van der Waals surface area contributed by atoms with E-state index in [0.29, 0.717) is 12.5 Å². The Morgan fingerprint density at radius 2 is 2.33 bits per heavy atom. The van der Waals surface area contributed by atoms with Gasteiger partial charge < -0.3 is 10.7 Å². The number of rotatable bonds is 3. The first kappa shape index (κ1) is 10.5. The first-order valence-electron chi connectivity index (χ1n) is 5.06. The lowest BCUT2D eigenvalue weighted by atomic mass is 10.1. The van der Waals surface area contributed by atoms with Gasteiger partial charge in [0.15, 0.2) is 0 Å². The summed E-state index contributed by atoms with van der Waals surface area (Å²) < 4.78 is 0. The number of nitrogens with one attached hydrogen (secondary N) is 1. The minimum absolute atomic E-state index is 0.362. The Bertz CT molecular complexity index is 464. The van der Waals surface area contributed by atoms with E-state index in [0.717, 1.165) is 28.3 Å². The smallest absolute Gasteiger partial charge is 0.110 e. The normalized spacial score (nSPS) is 13.3. The van der Waals surface area contributed by atoms with Crippen molar-refractivity contribution in [2.75, 3.05) is 6.54 Å². The molecule has 0 radical (unpaired) electrons. The summed E-state index contributed by atoms with van der Waals surface area (Å²) in [4.78, 5) is 7.77. The highest BCUT2D eigenvalue weighted by Gasteiger charge is 2.09. The van der Waals surface area contributed by atoms with Gasteiger partial charge in [-0.1, -0.05) is 18.5 Å². The molecule has 2 aromatic rings. The van der Waals surface area contributed by atoms with Gasteiger partial charge in [-0.05, 0) is 31.2 Å². The van der Waals surface area contributed by atoms with Gasteiger partial charge in [0.2, 0.25) is 0 Å². The summed E-state index contributed by atoms with van der Waals surface area (Å²) in [7, 11) is 0. The zero-order valence-corrected chi connectivity index (χ0v) is 9.38. The topological polar surface area (TPSA) is 54.7 Å². The molecule has 80 valence electrons. The molecule has 3 N–H and O–H groups in total. The van der Waals surface area contributed by atoms with Gasteiger partial charge in [-0.2, -0.15) is 0 Å². The zero-order chi connectivity index (χ0) is 10.8. The van der Waals surface area contributed by atoms with Crippen LogP contribution in [0.2, 0.25) is 5.02 Å². The number of fused-ring (bicyclic) bond motifs is 1. The number of halogens is 1. The fourth-order valence-electron chi connectivity index (χ4n) is 1.62. The van der Waals surface area contributed by atoms with Crippen LogP contribution in [0.4, 0.5) is 0 Å². The third-order valence-corrected chi connectivity index (χ3v) is 2.76. The van der Waals surface area contributed by atoms with Crippen LogP contribution >= 0.6 is 11.6 Å². The number of hydrogen-bond acceptors (Lipinski definition) is 2. The maximum Gasteiger partial charge on any atom is 0.110 e. The molecule has 2 rings (SSSR count). The SMILES string of the molecule is CC(CCN)c1nc2ccc(Cl)cc2[nH]1. The lowest BCUT2D eigenvalue weighted by Crippen LogP contribution is -2.05. The largest absolute Gasteiger partial charge is 0.342 e. The predicted molar refractivity (Wildman–Crippen MR) is 63.2 cm³/mol. The Labute approximate surface area is 93.6 Å². The van der Waals surface area contributed by atoms with E-state index in [1.165, 1.54) is 0 Å². The van der Waals surface area contributed by atoms with E-state index in [1.54, 1.807) is 0 Å². The van der Waals surface area contributed by atoms with Gasteiger partial charge >= 0.3 is 0 Å². The monoisotopic (exact) mass is 223 g/mol. The Kier molecular flexibility index (Phi) is 2.93. The minimum Gasteiger partial charge on any atom is -0.342 e. The van der Waals surface area contributed by atoms with Crippen LogP contribution in [-0.4, -0.2) is 16.5 Å². The summed E-state index contributed by atoms with van der Waals surface area (Å²) in [5.74, 6) is 1.35. The van der Waals surface area contributed by atoms with Crippen molar-refractivity contribution < 1.29 is 0 Å². The maximum atomic E-state index is 5.90. The quantitative estimate of drug-likeness (QED) is 0.841. The molecule has 1 atom stereocenters. The van der Waals surface area contributed by atoms with E-state index in [9.17, 15) is 0 Å². The number of benzene rings is 1. The second-order valence-electron chi connectivity index (χ2n) is 3.76. The highest BCUT2D eigenvalue weighted by Crippen LogP contribution is 2.21. The van der Waals surface area contributed by atoms with Crippen molar-refractivity contribution in [3.8, 4) is 0 Å². The van der Waals surface area contributed by atoms with Crippen LogP contribution < -0.4 is 5.73 Å². The molecule has 0 aliphatic rings. The molecule has 1 aromatic carbocycles. The molecule has 1 aromatic heterocycles. The van der Waals surface area contributed by atoms with E-state index < -0.39 is 0 Å². The van der Waals surface area contributed by atoms with Crippen molar-refractivity contribution in [3.63, 3.8) is 0 Å². The number of aromatic amines is 1. The number of nitrogens with zero attached hydrogens (tertiary/aromatic N) is 1. The number of imidazole rings is 1. The van der Waals surface area contributed by atoms with Crippen molar-refractivity contribution in [1.29, 1.82) is 0 Å². The third-order valence-electron chi connectivity index (χ3n) is 2.53. The van der Waals surface area contributed by atoms with Crippen molar-refractivity contribution in [3.05, 3.63) is 29.0 Å². The van der Waals surface area contributed by atoms with E-state index in [1.807, 2.05) is 18.2 Å². The van der Waals surface area contributed by atoms with Crippen LogP contribution in [0, 0.1) is 0 Å². The summed E-state index contributed by atoms with van der Waals surface area (Å²) >= 11 is 5.90. The maximum absolute atomic E-state index is 5.90. The molecule has 0 amide bonds. The van der Waals surface area contributed by atoms with Crippen LogP contribution in [0.1, 0.15) is 25.1 Å². The van der Waals surface area contributed by atoms with Crippen LogP contribution in [-0.2, 0) is 0 Å². The molecule has 1 heterocycles. The van der Waals surface area contributed by atoms with Crippen LogP contribution in [0.5, 0.6) is 0 Å². The number of aromatic nitrogens is 2. The average molecular weight is 224 g/mol. The molecule has 0 aliphatic carbocycles. The van der Waals surface area contributed by atoms with Gasteiger partial charge in [-0.25, -0.2) is 4.98 Å². The molecule has 0 saturated carbocycles.